The zero-order valence-electron chi connectivity index (χ0n) is 10.9. The van der Waals surface area contributed by atoms with Crippen LogP contribution in [0.3, 0.4) is 0 Å². The van der Waals surface area contributed by atoms with Crippen LogP contribution in [0.25, 0.3) is 4.96 Å². The Balaban J connectivity index is 1.72. The van der Waals surface area contributed by atoms with Crippen molar-refractivity contribution >= 4 is 27.9 Å². The number of imidazole rings is 1. The number of benzene rings is 1. The fourth-order valence-corrected chi connectivity index (χ4v) is 3.31. The van der Waals surface area contributed by atoms with Gasteiger partial charge in [-0.25, -0.2) is 9.50 Å². The first kappa shape index (κ1) is 11.6. The lowest BCUT2D eigenvalue weighted by Crippen LogP contribution is -2.29. The number of rotatable bonds is 1. The van der Waals surface area contributed by atoms with Gasteiger partial charge in [-0.3, -0.25) is 4.79 Å². The van der Waals surface area contributed by atoms with E-state index in [0.717, 1.165) is 28.6 Å². The minimum Gasteiger partial charge on any atom is -0.306 e. The molecule has 3 heterocycles. The Morgan fingerprint density at radius 3 is 3.05 bits per heavy atom. The molecule has 0 saturated heterocycles. The van der Waals surface area contributed by atoms with Crippen molar-refractivity contribution < 1.29 is 4.79 Å². The molecular weight excluding hydrogens is 272 g/mol. The molecule has 6 heteroatoms. The smallest absolute Gasteiger partial charge is 0.278 e. The third-order valence-electron chi connectivity index (χ3n) is 3.50. The van der Waals surface area contributed by atoms with Crippen LogP contribution in [0.15, 0.2) is 30.5 Å². The summed E-state index contributed by atoms with van der Waals surface area (Å²) in [7, 11) is 0. The molecule has 1 amide bonds. The average Bonchev–Trinajstić information content (AvgIpc) is 3.09. The lowest BCUT2D eigenvalue weighted by molar-refractivity contribution is 0.0985. The van der Waals surface area contributed by atoms with Crippen molar-refractivity contribution in [3.05, 3.63) is 46.7 Å². The van der Waals surface area contributed by atoms with Crippen molar-refractivity contribution in [1.29, 1.82) is 0 Å². The summed E-state index contributed by atoms with van der Waals surface area (Å²) in [5.41, 5.74) is 2.68. The van der Waals surface area contributed by atoms with Gasteiger partial charge in [-0.15, -0.1) is 0 Å². The Hall–Kier alpha value is -2.21. The minimum absolute atomic E-state index is 0.0506. The Bertz CT molecular complexity index is 788. The normalized spacial score (nSPS) is 13.9. The van der Waals surface area contributed by atoms with Gasteiger partial charge in [0.1, 0.15) is 10.7 Å². The molecule has 0 saturated carbocycles. The van der Waals surface area contributed by atoms with Gasteiger partial charge in [0.15, 0.2) is 0 Å². The predicted octanol–water partition coefficient (Wildman–Crippen LogP) is 2.30. The van der Waals surface area contributed by atoms with E-state index in [-0.39, 0.29) is 5.91 Å². The van der Waals surface area contributed by atoms with E-state index in [1.54, 1.807) is 15.6 Å². The zero-order valence-corrected chi connectivity index (χ0v) is 11.7. The molecule has 2 aromatic heterocycles. The average molecular weight is 284 g/mol. The molecule has 0 unspecified atom stereocenters. The lowest BCUT2D eigenvalue weighted by Gasteiger charge is -2.15. The molecule has 100 valence electrons. The van der Waals surface area contributed by atoms with Crippen LogP contribution in [-0.2, 0) is 6.42 Å². The van der Waals surface area contributed by atoms with Crippen LogP contribution < -0.4 is 4.90 Å². The highest BCUT2D eigenvalue weighted by molar-refractivity contribution is 7.16. The van der Waals surface area contributed by atoms with E-state index in [1.165, 1.54) is 16.9 Å². The number of amides is 1. The highest BCUT2D eigenvalue weighted by Gasteiger charge is 2.27. The maximum absolute atomic E-state index is 12.6. The van der Waals surface area contributed by atoms with E-state index in [2.05, 4.69) is 16.1 Å². The number of para-hydroxylation sites is 1. The van der Waals surface area contributed by atoms with Gasteiger partial charge < -0.3 is 4.90 Å². The van der Waals surface area contributed by atoms with Crippen LogP contribution in [-0.4, -0.2) is 27.0 Å². The number of nitrogens with zero attached hydrogens (tertiary/aromatic N) is 4. The largest absolute Gasteiger partial charge is 0.306 e. The molecule has 0 fully saturated rings. The number of hydrogen-bond donors (Lipinski definition) is 0. The number of fused-ring (bicyclic) bond motifs is 2. The van der Waals surface area contributed by atoms with E-state index < -0.39 is 0 Å². The second-order valence-electron chi connectivity index (χ2n) is 4.81. The van der Waals surface area contributed by atoms with Crippen molar-refractivity contribution in [2.45, 2.75) is 13.3 Å². The van der Waals surface area contributed by atoms with Crippen molar-refractivity contribution in [3.63, 3.8) is 0 Å². The molecule has 0 atom stereocenters. The van der Waals surface area contributed by atoms with Crippen LogP contribution in [0.4, 0.5) is 5.69 Å². The van der Waals surface area contributed by atoms with Gasteiger partial charge in [-0.2, -0.15) is 5.10 Å². The molecule has 4 rings (SSSR count). The summed E-state index contributed by atoms with van der Waals surface area (Å²) in [6, 6.07) is 8.02. The highest BCUT2D eigenvalue weighted by atomic mass is 32.1. The summed E-state index contributed by atoms with van der Waals surface area (Å²) in [4.78, 5) is 19.5. The van der Waals surface area contributed by atoms with Crippen LogP contribution in [0, 0.1) is 6.92 Å². The van der Waals surface area contributed by atoms with Gasteiger partial charge in [-0.05, 0) is 25.0 Å². The summed E-state index contributed by atoms with van der Waals surface area (Å²) in [5.74, 6) is -0.0506. The fraction of sp³-hybridized carbons (Fsp3) is 0.214. The first-order valence-electron chi connectivity index (χ1n) is 6.45. The number of aromatic nitrogens is 3. The van der Waals surface area contributed by atoms with Crippen LogP contribution in [0.2, 0.25) is 0 Å². The van der Waals surface area contributed by atoms with Crippen molar-refractivity contribution in [1.82, 2.24) is 14.6 Å². The van der Waals surface area contributed by atoms with Gasteiger partial charge in [-0.1, -0.05) is 29.5 Å². The summed E-state index contributed by atoms with van der Waals surface area (Å²) < 4.78 is 1.68. The van der Waals surface area contributed by atoms with E-state index >= 15 is 0 Å². The van der Waals surface area contributed by atoms with E-state index in [1.807, 2.05) is 25.1 Å². The molecule has 1 aliphatic rings. The summed E-state index contributed by atoms with van der Waals surface area (Å²) in [6.45, 7) is 2.65. The molecular formula is C14H12N4OS. The molecule has 5 nitrogen and oxygen atoms in total. The summed E-state index contributed by atoms with van der Waals surface area (Å²) in [5, 5.41) is 5.23. The molecule has 0 aliphatic carbocycles. The number of anilines is 1. The Labute approximate surface area is 119 Å². The molecule has 20 heavy (non-hydrogen) atoms. The maximum atomic E-state index is 12.6. The van der Waals surface area contributed by atoms with Gasteiger partial charge >= 0.3 is 0 Å². The maximum Gasteiger partial charge on any atom is 0.278 e. The van der Waals surface area contributed by atoms with E-state index in [9.17, 15) is 4.79 Å². The van der Waals surface area contributed by atoms with Gasteiger partial charge in [0, 0.05) is 12.2 Å². The number of carbonyl (C=O) groups is 1. The topological polar surface area (TPSA) is 50.5 Å². The minimum atomic E-state index is -0.0506. The van der Waals surface area contributed by atoms with Gasteiger partial charge in [0.05, 0.1) is 6.20 Å². The van der Waals surface area contributed by atoms with Crippen LogP contribution in [0.1, 0.15) is 21.1 Å². The molecule has 0 N–H and O–H groups in total. The molecule has 1 aromatic carbocycles. The predicted molar refractivity (Wildman–Crippen MR) is 77.4 cm³/mol. The Morgan fingerprint density at radius 1 is 1.35 bits per heavy atom. The van der Waals surface area contributed by atoms with Crippen LogP contribution >= 0.6 is 11.3 Å². The Morgan fingerprint density at radius 2 is 2.20 bits per heavy atom. The highest BCUT2D eigenvalue weighted by Crippen LogP contribution is 2.28. The molecule has 0 radical (unpaired) electrons. The molecule has 0 bridgehead atoms. The monoisotopic (exact) mass is 284 g/mol. The van der Waals surface area contributed by atoms with Crippen molar-refractivity contribution in [2.75, 3.05) is 11.4 Å². The SMILES string of the molecule is Cc1nn2cc(C(=O)N3CCc4ccccc43)nc2s1. The van der Waals surface area contributed by atoms with Gasteiger partial charge in [0.25, 0.3) is 5.91 Å². The van der Waals surface area contributed by atoms with Gasteiger partial charge in [0.2, 0.25) is 4.96 Å². The second-order valence-corrected chi connectivity index (χ2v) is 5.97. The fourth-order valence-electron chi connectivity index (χ4n) is 2.59. The Kier molecular flexibility index (Phi) is 2.40. The second kappa shape index (κ2) is 4.14. The van der Waals surface area contributed by atoms with E-state index in [0.29, 0.717) is 5.69 Å². The first-order chi connectivity index (χ1) is 9.72. The van der Waals surface area contributed by atoms with E-state index in [4.69, 9.17) is 0 Å². The molecule has 0 spiro atoms. The molecule has 1 aliphatic heterocycles. The standard InChI is InChI=1S/C14H12N4OS/c1-9-16-18-8-11(15-14(18)20-9)13(19)17-7-6-10-4-2-3-5-12(10)17/h2-5,8H,6-7H2,1H3. The van der Waals surface area contributed by atoms with Crippen molar-refractivity contribution in [2.24, 2.45) is 0 Å². The summed E-state index contributed by atoms with van der Waals surface area (Å²) >= 11 is 1.49. The van der Waals surface area contributed by atoms with Crippen LogP contribution in [0.5, 0.6) is 0 Å². The third-order valence-corrected chi connectivity index (χ3v) is 4.33. The first-order valence-corrected chi connectivity index (χ1v) is 7.26. The third kappa shape index (κ3) is 1.65. The number of aryl methyl sites for hydroxylation is 1. The number of hydrogen-bond acceptors (Lipinski definition) is 4. The zero-order chi connectivity index (χ0) is 13.7. The molecule has 3 aromatic rings. The summed E-state index contributed by atoms with van der Waals surface area (Å²) in [6.07, 6.45) is 2.61. The number of carbonyl (C=O) groups excluding carboxylic acids is 1. The lowest BCUT2D eigenvalue weighted by atomic mass is 10.2. The quantitative estimate of drug-likeness (QED) is 0.689. The van der Waals surface area contributed by atoms with Crippen molar-refractivity contribution in [3.8, 4) is 0 Å².